The van der Waals surface area contributed by atoms with E-state index in [1.807, 2.05) is 37.6 Å². The van der Waals surface area contributed by atoms with Crippen molar-refractivity contribution in [1.82, 2.24) is 15.1 Å². The maximum atomic E-state index is 12.0. The van der Waals surface area contributed by atoms with Crippen molar-refractivity contribution < 1.29 is 0 Å². The summed E-state index contributed by atoms with van der Waals surface area (Å²) in [7, 11) is 1.83. The van der Waals surface area contributed by atoms with Crippen molar-refractivity contribution in [3.8, 4) is 10.6 Å². The molecule has 90 valence electrons. The van der Waals surface area contributed by atoms with Gasteiger partial charge < -0.3 is 5.32 Å². The monoisotopic (exact) mass is 249 g/mol. The van der Waals surface area contributed by atoms with Crippen LogP contribution in [0.1, 0.15) is 12.5 Å². The van der Waals surface area contributed by atoms with Gasteiger partial charge >= 0.3 is 0 Å². The highest BCUT2D eigenvalue weighted by Gasteiger charge is 2.08. The molecule has 4 nitrogen and oxygen atoms in total. The second kappa shape index (κ2) is 5.25. The summed E-state index contributed by atoms with van der Waals surface area (Å²) in [5.74, 6) is 0. The van der Waals surface area contributed by atoms with E-state index in [0.29, 0.717) is 13.1 Å². The van der Waals surface area contributed by atoms with Crippen LogP contribution in [0.4, 0.5) is 0 Å². The second-order valence-corrected chi connectivity index (χ2v) is 4.63. The first kappa shape index (κ1) is 12.0. The van der Waals surface area contributed by atoms with E-state index in [0.717, 1.165) is 16.1 Å². The molecule has 2 aromatic rings. The molecule has 2 aromatic heterocycles. The van der Waals surface area contributed by atoms with E-state index in [1.165, 1.54) is 4.68 Å². The van der Waals surface area contributed by atoms with Crippen LogP contribution in [0.5, 0.6) is 0 Å². The van der Waals surface area contributed by atoms with Crippen LogP contribution >= 0.6 is 11.3 Å². The maximum absolute atomic E-state index is 12.0. The zero-order chi connectivity index (χ0) is 12.3. The third-order valence-electron chi connectivity index (χ3n) is 2.49. The molecule has 17 heavy (non-hydrogen) atoms. The fourth-order valence-corrected chi connectivity index (χ4v) is 2.35. The zero-order valence-electron chi connectivity index (χ0n) is 9.93. The third-order valence-corrected chi connectivity index (χ3v) is 3.38. The van der Waals surface area contributed by atoms with Gasteiger partial charge in [0, 0.05) is 18.7 Å². The number of thiophene rings is 1. The van der Waals surface area contributed by atoms with Crippen molar-refractivity contribution in [3.05, 3.63) is 39.5 Å². The van der Waals surface area contributed by atoms with Crippen molar-refractivity contribution in [2.24, 2.45) is 0 Å². The van der Waals surface area contributed by atoms with Crippen molar-refractivity contribution in [3.63, 3.8) is 0 Å². The molecule has 0 spiro atoms. The number of aromatic nitrogens is 2. The second-order valence-electron chi connectivity index (χ2n) is 3.68. The van der Waals surface area contributed by atoms with Gasteiger partial charge in [0.15, 0.2) is 0 Å². The number of hydrogen-bond donors (Lipinski definition) is 1. The number of nitrogens with one attached hydrogen (secondary N) is 1. The van der Waals surface area contributed by atoms with Gasteiger partial charge in [-0.1, -0.05) is 6.07 Å². The Morgan fingerprint density at radius 3 is 2.94 bits per heavy atom. The first-order valence-corrected chi connectivity index (χ1v) is 6.43. The Morgan fingerprint density at radius 2 is 2.35 bits per heavy atom. The van der Waals surface area contributed by atoms with E-state index >= 15 is 0 Å². The van der Waals surface area contributed by atoms with Crippen molar-refractivity contribution >= 4 is 11.3 Å². The lowest BCUT2D eigenvalue weighted by molar-refractivity contribution is 0.605. The number of rotatable bonds is 4. The van der Waals surface area contributed by atoms with Crippen LogP contribution in [-0.4, -0.2) is 16.8 Å². The molecule has 0 saturated carbocycles. The van der Waals surface area contributed by atoms with Crippen molar-refractivity contribution in [2.45, 2.75) is 20.0 Å². The molecule has 0 unspecified atom stereocenters. The lowest BCUT2D eigenvalue weighted by Crippen LogP contribution is -2.28. The maximum Gasteiger partial charge on any atom is 0.271 e. The van der Waals surface area contributed by atoms with Gasteiger partial charge in [-0.05, 0) is 31.5 Å². The summed E-state index contributed by atoms with van der Waals surface area (Å²) < 4.78 is 1.52. The fourth-order valence-electron chi connectivity index (χ4n) is 1.67. The summed E-state index contributed by atoms with van der Waals surface area (Å²) in [5.41, 5.74) is 1.61. The minimum absolute atomic E-state index is 0.0119. The summed E-state index contributed by atoms with van der Waals surface area (Å²) in [6, 6.07) is 5.87. The average molecular weight is 249 g/mol. The highest BCUT2D eigenvalue weighted by molar-refractivity contribution is 7.13. The first-order valence-electron chi connectivity index (χ1n) is 5.55. The van der Waals surface area contributed by atoms with Gasteiger partial charge in [0.25, 0.3) is 5.56 Å². The van der Waals surface area contributed by atoms with Gasteiger partial charge in [0.2, 0.25) is 0 Å². The van der Waals surface area contributed by atoms with Crippen LogP contribution in [0.15, 0.2) is 28.4 Å². The predicted molar refractivity (Wildman–Crippen MR) is 70.2 cm³/mol. The Bertz CT molecular complexity index is 545. The van der Waals surface area contributed by atoms with E-state index in [2.05, 4.69) is 10.4 Å². The summed E-state index contributed by atoms with van der Waals surface area (Å²) in [6.07, 6.45) is 0. The minimum atomic E-state index is -0.0119. The molecule has 0 aliphatic rings. The summed E-state index contributed by atoms with van der Waals surface area (Å²) in [5, 5.41) is 9.38. The molecule has 0 radical (unpaired) electrons. The van der Waals surface area contributed by atoms with Gasteiger partial charge in [-0.15, -0.1) is 11.3 Å². The van der Waals surface area contributed by atoms with Gasteiger partial charge in [0.1, 0.15) is 5.69 Å². The predicted octanol–water partition coefficient (Wildman–Crippen LogP) is 1.71. The molecule has 0 aliphatic heterocycles. The molecular weight excluding hydrogens is 234 g/mol. The number of hydrogen-bond acceptors (Lipinski definition) is 4. The van der Waals surface area contributed by atoms with Crippen LogP contribution in [0.25, 0.3) is 10.6 Å². The summed E-state index contributed by atoms with van der Waals surface area (Å²) in [6.45, 7) is 3.09. The van der Waals surface area contributed by atoms with Gasteiger partial charge in [-0.25, -0.2) is 4.68 Å². The smallest absolute Gasteiger partial charge is 0.271 e. The van der Waals surface area contributed by atoms with E-state index in [1.54, 1.807) is 11.3 Å². The zero-order valence-corrected chi connectivity index (χ0v) is 10.8. The average Bonchev–Trinajstić information content (AvgIpc) is 2.85. The van der Waals surface area contributed by atoms with Crippen LogP contribution in [0.2, 0.25) is 0 Å². The van der Waals surface area contributed by atoms with Gasteiger partial charge in [0.05, 0.1) is 4.88 Å². The largest absolute Gasteiger partial charge is 0.315 e. The molecule has 0 amide bonds. The van der Waals surface area contributed by atoms with Gasteiger partial charge in [-0.2, -0.15) is 5.10 Å². The Hall–Kier alpha value is -1.46. The Morgan fingerprint density at radius 1 is 1.53 bits per heavy atom. The SMILES string of the molecule is CCn1nc(-c2cccs2)cc(CNC)c1=O. The molecule has 0 aromatic carbocycles. The quantitative estimate of drug-likeness (QED) is 0.897. The molecule has 5 heteroatoms. The van der Waals surface area contributed by atoms with Gasteiger partial charge in [-0.3, -0.25) is 4.79 Å². The standard InChI is InChI=1S/C12H15N3OS/c1-3-15-12(16)9(8-13-2)7-10(14-15)11-5-4-6-17-11/h4-7,13H,3,8H2,1-2H3. The lowest BCUT2D eigenvalue weighted by Gasteiger charge is -2.07. The van der Waals surface area contributed by atoms with Crippen LogP contribution in [0.3, 0.4) is 0 Å². The third kappa shape index (κ3) is 2.45. The Kier molecular flexibility index (Phi) is 3.71. The minimum Gasteiger partial charge on any atom is -0.315 e. The molecule has 0 saturated heterocycles. The topological polar surface area (TPSA) is 46.9 Å². The van der Waals surface area contributed by atoms with Crippen molar-refractivity contribution in [1.29, 1.82) is 0 Å². The highest BCUT2D eigenvalue weighted by Crippen LogP contribution is 2.22. The van der Waals surface area contributed by atoms with E-state index < -0.39 is 0 Å². The molecule has 0 bridgehead atoms. The Labute approximate surface area is 104 Å². The van der Waals surface area contributed by atoms with E-state index in [9.17, 15) is 4.79 Å². The lowest BCUT2D eigenvalue weighted by atomic mass is 10.2. The molecule has 0 aliphatic carbocycles. The first-order chi connectivity index (χ1) is 8.26. The fraction of sp³-hybridized carbons (Fsp3) is 0.333. The van der Waals surface area contributed by atoms with Crippen LogP contribution in [0, 0.1) is 0 Å². The van der Waals surface area contributed by atoms with E-state index in [4.69, 9.17) is 0 Å². The van der Waals surface area contributed by atoms with Crippen LogP contribution < -0.4 is 10.9 Å². The molecule has 1 N–H and O–H groups in total. The van der Waals surface area contributed by atoms with Crippen molar-refractivity contribution in [2.75, 3.05) is 7.05 Å². The Balaban J connectivity index is 2.55. The van der Waals surface area contributed by atoms with E-state index in [-0.39, 0.29) is 5.56 Å². The van der Waals surface area contributed by atoms with Crippen LogP contribution in [-0.2, 0) is 13.1 Å². The molecular formula is C12H15N3OS. The molecule has 2 heterocycles. The molecule has 2 rings (SSSR count). The number of aryl methyl sites for hydroxylation is 1. The normalized spacial score (nSPS) is 10.7. The summed E-state index contributed by atoms with van der Waals surface area (Å²) >= 11 is 1.63. The molecule has 0 fully saturated rings. The highest BCUT2D eigenvalue weighted by atomic mass is 32.1. The number of nitrogens with zero attached hydrogens (tertiary/aromatic N) is 2. The summed E-state index contributed by atoms with van der Waals surface area (Å²) in [4.78, 5) is 13.1. The molecule has 0 atom stereocenters.